The zero-order valence-electron chi connectivity index (χ0n) is 15.8. The number of ether oxygens (including phenoxy) is 2. The SMILES string of the molecule is COc1cc(/C=N\n2c(-c3ccc(F)cc3)n[nH]c2=S)ccc1OCC(C)C. The van der Waals surface area contributed by atoms with Gasteiger partial charge in [-0.25, -0.2) is 9.49 Å². The van der Waals surface area contributed by atoms with Gasteiger partial charge >= 0.3 is 0 Å². The molecule has 0 fully saturated rings. The molecule has 0 radical (unpaired) electrons. The fourth-order valence-corrected chi connectivity index (χ4v) is 2.63. The van der Waals surface area contributed by atoms with Crippen LogP contribution in [0.1, 0.15) is 19.4 Å². The van der Waals surface area contributed by atoms with Crippen LogP contribution >= 0.6 is 12.2 Å². The number of hydrogen-bond acceptors (Lipinski definition) is 5. The maximum atomic E-state index is 13.2. The lowest BCUT2D eigenvalue weighted by Crippen LogP contribution is -2.05. The second-order valence-electron chi connectivity index (χ2n) is 6.53. The van der Waals surface area contributed by atoms with E-state index in [2.05, 4.69) is 29.1 Å². The molecule has 3 rings (SSSR count). The molecule has 0 atom stereocenters. The van der Waals surface area contributed by atoms with Gasteiger partial charge in [-0.15, -0.1) is 0 Å². The van der Waals surface area contributed by atoms with E-state index in [1.54, 1.807) is 25.5 Å². The van der Waals surface area contributed by atoms with Crippen LogP contribution in [0.4, 0.5) is 4.39 Å². The van der Waals surface area contributed by atoms with E-state index in [9.17, 15) is 4.39 Å². The van der Waals surface area contributed by atoms with Crippen molar-refractivity contribution < 1.29 is 13.9 Å². The highest BCUT2D eigenvalue weighted by atomic mass is 32.1. The third kappa shape index (κ3) is 4.64. The van der Waals surface area contributed by atoms with Crippen molar-refractivity contribution in [2.75, 3.05) is 13.7 Å². The first-order chi connectivity index (χ1) is 13.5. The monoisotopic (exact) mass is 400 g/mol. The minimum atomic E-state index is -0.320. The number of nitrogens with one attached hydrogen (secondary N) is 1. The van der Waals surface area contributed by atoms with Gasteiger partial charge in [-0.1, -0.05) is 13.8 Å². The summed E-state index contributed by atoms with van der Waals surface area (Å²) in [5, 5.41) is 11.3. The summed E-state index contributed by atoms with van der Waals surface area (Å²) in [7, 11) is 1.59. The molecule has 0 bridgehead atoms. The summed E-state index contributed by atoms with van der Waals surface area (Å²) >= 11 is 5.25. The van der Waals surface area contributed by atoms with Gasteiger partial charge < -0.3 is 9.47 Å². The number of nitrogens with zero attached hydrogens (tertiary/aromatic N) is 3. The molecule has 2 aromatic carbocycles. The molecule has 0 unspecified atom stereocenters. The quantitative estimate of drug-likeness (QED) is 0.462. The minimum Gasteiger partial charge on any atom is -0.493 e. The van der Waals surface area contributed by atoms with Crippen molar-refractivity contribution in [2.45, 2.75) is 13.8 Å². The number of H-pyrrole nitrogens is 1. The van der Waals surface area contributed by atoms with E-state index >= 15 is 0 Å². The van der Waals surface area contributed by atoms with Crippen LogP contribution in [-0.2, 0) is 0 Å². The Bertz CT molecular complexity index is 1030. The van der Waals surface area contributed by atoms with Gasteiger partial charge in [0.25, 0.3) is 0 Å². The Hall–Kier alpha value is -3.00. The van der Waals surface area contributed by atoms with Gasteiger partial charge in [0.2, 0.25) is 4.77 Å². The first-order valence-corrected chi connectivity index (χ1v) is 9.17. The fourth-order valence-electron chi connectivity index (χ4n) is 2.45. The van der Waals surface area contributed by atoms with Gasteiger partial charge in [0, 0.05) is 5.56 Å². The molecule has 8 heteroatoms. The zero-order chi connectivity index (χ0) is 20.1. The number of rotatable bonds is 7. The maximum absolute atomic E-state index is 13.2. The Morgan fingerprint density at radius 1 is 1.21 bits per heavy atom. The number of halogens is 1. The number of benzene rings is 2. The molecule has 6 nitrogen and oxygen atoms in total. The molecule has 1 N–H and O–H groups in total. The average Bonchev–Trinajstić information content (AvgIpc) is 3.06. The van der Waals surface area contributed by atoms with E-state index in [4.69, 9.17) is 21.7 Å². The van der Waals surface area contributed by atoms with Crippen molar-refractivity contribution in [3.05, 3.63) is 58.6 Å². The van der Waals surface area contributed by atoms with Crippen LogP contribution in [0.15, 0.2) is 47.6 Å². The first-order valence-electron chi connectivity index (χ1n) is 8.76. The number of aromatic nitrogens is 3. The lowest BCUT2D eigenvalue weighted by Gasteiger charge is -2.12. The Labute approximate surface area is 167 Å². The molecule has 146 valence electrons. The van der Waals surface area contributed by atoms with E-state index in [1.807, 2.05) is 18.2 Å². The standard InChI is InChI=1S/C20H21FN4O2S/c1-13(2)12-27-17-9-4-14(10-18(17)26-3)11-22-25-19(23-24-20(25)28)15-5-7-16(21)8-6-15/h4-11,13H,12H2,1-3H3,(H,24,28)/b22-11-. The van der Waals surface area contributed by atoms with Gasteiger partial charge in [-0.05, 0) is 66.2 Å². The Morgan fingerprint density at radius 3 is 2.64 bits per heavy atom. The van der Waals surface area contributed by atoms with Gasteiger partial charge in [-0.2, -0.15) is 14.9 Å². The predicted octanol–water partition coefficient (Wildman–Crippen LogP) is 4.67. The Morgan fingerprint density at radius 2 is 1.96 bits per heavy atom. The van der Waals surface area contributed by atoms with Crippen LogP contribution in [0.25, 0.3) is 11.4 Å². The number of hydrogen-bond donors (Lipinski definition) is 1. The zero-order valence-corrected chi connectivity index (χ0v) is 16.7. The summed E-state index contributed by atoms with van der Waals surface area (Å²) < 4.78 is 26.2. The van der Waals surface area contributed by atoms with Crippen molar-refractivity contribution in [1.29, 1.82) is 0 Å². The van der Waals surface area contributed by atoms with E-state index in [1.165, 1.54) is 16.8 Å². The van der Waals surface area contributed by atoms with E-state index in [0.717, 1.165) is 5.56 Å². The smallest absolute Gasteiger partial charge is 0.216 e. The van der Waals surface area contributed by atoms with Crippen LogP contribution in [-0.4, -0.2) is 34.8 Å². The normalized spacial score (nSPS) is 11.3. The van der Waals surface area contributed by atoms with Gasteiger partial charge in [0.1, 0.15) is 5.82 Å². The third-order valence-corrected chi connectivity index (χ3v) is 4.10. The minimum absolute atomic E-state index is 0.320. The predicted molar refractivity (Wildman–Crippen MR) is 109 cm³/mol. The molecule has 0 aliphatic rings. The summed E-state index contributed by atoms with van der Waals surface area (Å²) in [6, 6.07) is 11.5. The summed E-state index contributed by atoms with van der Waals surface area (Å²) in [5.74, 6) is 1.89. The molecule has 28 heavy (non-hydrogen) atoms. The van der Waals surface area contributed by atoms with Crippen LogP contribution < -0.4 is 9.47 Å². The van der Waals surface area contributed by atoms with Gasteiger partial charge in [0.15, 0.2) is 17.3 Å². The highest BCUT2D eigenvalue weighted by Gasteiger charge is 2.09. The van der Waals surface area contributed by atoms with Crippen molar-refractivity contribution in [3.8, 4) is 22.9 Å². The van der Waals surface area contributed by atoms with Crippen LogP contribution in [0, 0.1) is 16.5 Å². The van der Waals surface area contributed by atoms with E-state index in [0.29, 0.717) is 40.2 Å². The van der Waals surface area contributed by atoms with E-state index in [-0.39, 0.29) is 5.82 Å². The third-order valence-electron chi connectivity index (χ3n) is 3.83. The maximum Gasteiger partial charge on any atom is 0.216 e. The highest BCUT2D eigenvalue weighted by molar-refractivity contribution is 7.71. The van der Waals surface area contributed by atoms with Crippen molar-refractivity contribution in [2.24, 2.45) is 11.0 Å². The van der Waals surface area contributed by atoms with Crippen molar-refractivity contribution >= 4 is 18.4 Å². The average molecular weight is 400 g/mol. The Balaban J connectivity index is 1.87. The molecule has 0 aliphatic carbocycles. The highest BCUT2D eigenvalue weighted by Crippen LogP contribution is 2.28. The molecular formula is C20H21FN4O2S. The second-order valence-corrected chi connectivity index (χ2v) is 6.92. The number of aromatic amines is 1. The summed E-state index contributed by atoms with van der Waals surface area (Å²) in [5.41, 5.74) is 1.50. The summed E-state index contributed by atoms with van der Waals surface area (Å²) in [6.07, 6.45) is 1.65. The van der Waals surface area contributed by atoms with E-state index < -0.39 is 0 Å². The van der Waals surface area contributed by atoms with Gasteiger partial charge in [0.05, 0.1) is 19.9 Å². The molecule has 3 aromatic rings. The van der Waals surface area contributed by atoms with Crippen molar-refractivity contribution in [1.82, 2.24) is 14.9 Å². The molecule has 0 aliphatic heterocycles. The first kappa shape index (κ1) is 19.8. The molecular weight excluding hydrogens is 379 g/mol. The lowest BCUT2D eigenvalue weighted by atomic mass is 10.2. The molecule has 1 aromatic heterocycles. The topological polar surface area (TPSA) is 64.4 Å². The van der Waals surface area contributed by atoms with Crippen LogP contribution in [0.5, 0.6) is 11.5 Å². The molecule has 0 spiro atoms. The lowest BCUT2D eigenvalue weighted by molar-refractivity contribution is 0.257. The van der Waals surface area contributed by atoms with Crippen molar-refractivity contribution in [3.63, 3.8) is 0 Å². The molecule has 0 saturated heterocycles. The van der Waals surface area contributed by atoms with Crippen LogP contribution in [0.3, 0.4) is 0 Å². The fraction of sp³-hybridized carbons (Fsp3) is 0.250. The molecule has 0 amide bonds. The number of methoxy groups -OCH3 is 1. The second kappa shape index (κ2) is 8.79. The molecule has 0 saturated carbocycles. The van der Waals surface area contributed by atoms with Crippen LogP contribution in [0.2, 0.25) is 0 Å². The summed E-state index contributed by atoms with van der Waals surface area (Å²) in [6.45, 7) is 4.77. The molecule has 1 heterocycles. The largest absolute Gasteiger partial charge is 0.493 e. The summed E-state index contributed by atoms with van der Waals surface area (Å²) in [4.78, 5) is 0. The van der Waals surface area contributed by atoms with Gasteiger partial charge in [-0.3, -0.25) is 0 Å². The Kier molecular flexibility index (Phi) is 6.20.